The van der Waals surface area contributed by atoms with Gasteiger partial charge >= 0.3 is 0 Å². The molecular formula is C20H22ClN5. The maximum Gasteiger partial charge on any atom is 0.182 e. The monoisotopic (exact) mass is 367 g/mol. The average Bonchev–Trinajstić information content (AvgIpc) is 3.25. The largest absolute Gasteiger partial charge is 0.230 e. The molecule has 0 unspecified atom stereocenters. The van der Waals surface area contributed by atoms with Gasteiger partial charge in [0.05, 0.1) is 12.2 Å². The van der Waals surface area contributed by atoms with Gasteiger partial charge in [0.2, 0.25) is 0 Å². The Balaban J connectivity index is 1.88. The Hall–Kier alpha value is -2.27. The summed E-state index contributed by atoms with van der Waals surface area (Å²) in [4.78, 5) is 9.69. The minimum Gasteiger partial charge on any atom is -0.230 e. The molecule has 134 valence electrons. The lowest BCUT2D eigenvalue weighted by Crippen LogP contribution is -2.18. The SMILES string of the molecule is CC(C)(C)c1nc(C2=CCCC2)c2nnn(Cc3ccccc3Cl)c2n1. The minimum atomic E-state index is -0.151. The number of halogens is 1. The summed E-state index contributed by atoms with van der Waals surface area (Å²) < 4.78 is 1.83. The summed E-state index contributed by atoms with van der Waals surface area (Å²) in [6, 6.07) is 7.79. The molecule has 0 saturated heterocycles. The molecule has 0 spiro atoms. The van der Waals surface area contributed by atoms with E-state index < -0.39 is 0 Å². The summed E-state index contributed by atoms with van der Waals surface area (Å²) >= 11 is 6.33. The molecule has 0 fully saturated rings. The molecule has 0 radical (unpaired) electrons. The van der Waals surface area contributed by atoms with E-state index in [1.165, 1.54) is 12.0 Å². The summed E-state index contributed by atoms with van der Waals surface area (Å²) in [5.74, 6) is 0.815. The molecule has 1 aliphatic carbocycles. The molecule has 5 nitrogen and oxygen atoms in total. The van der Waals surface area contributed by atoms with E-state index in [1.807, 2.05) is 28.9 Å². The predicted molar refractivity (Wildman–Crippen MR) is 104 cm³/mol. The van der Waals surface area contributed by atoms with Crippen molar-refractivity contribution in [2.75, 3.05) is 0 Å². The number of hydrogen-bond donors (Lipinski definition) is 0. The highest BCUT2D eigenvalue weighted by atomic mass is 35.5. The second-order valence-corrected chi connectivity index (χ2v) is 8.19. The van der Waals surface area contributed by atoms with Crippen molar-refractivity contribution in [2.24, 2.45) is 0 Å². The van der Waals surface area contributed by atoms with Gasteiger partial charge in [-0.15, -0.1) is 5.10 Å². The van der Waals surface area contributed by atoms with Crippen LogP contribution >= 0.6 is 11.6 Å². The van der Waals surface area contributed by atoms with Crippen molar-refractivity contribution in [3.05, 3.63) is 52.4 Å². The molecule has 4 rings (SSSR count). The minimum absolute atomic E-state index is 0.151. The van der Waals surface area contributed by atoms with Crippen LogP contribution in [0, 0.1) is 0 Å². The van der Waals surface area contributed by atoms with Crippen molar-refractivity contribution in [2.45, 2.75) is 52.0 Å². The highest BCUT2D eigenvalue weighted by molar-refractivity contribution is 6.31. The Morgan fingerprint density at radius 1 is 1.15 bits per heavy atom. The zero-order valence-electron chi connectivity index (χ0n) is 15.3. The molecule has 0 bridgehead atoms. The van der Waals surface area contributed by atoms with Crippen LogP contribution in [0.5, 0.6) is 0 Å². The fourth-order valence-electron chi connectivity index (χ4n) is 3.20. The zero-order valence-corrected chi connectivity index (χ0v) is 16.1. The molecule has 2 aromatic heterocycles. The standard InChI is InChI=1S/C20H22ClN5/c1-20(2,3)19-22-16(13-8-4-5-9-13)17-18(23-19)26(25-24-17)12-14-10-6-7-11-15(14)21/h6-8,10-11H,4-5,9,12H2,1-3H3. The van der Waals surface area contributed by atoms with E-state index in [0.717, 1.165) is 46.1 Å². The zero-order chi connectivity index (χ0) is 18.3. The quantitative estimate of drug-likeness (QED) is 0.668. The lowest BCUT2D eigenvalue weighted by atomic mass is 9.95. The van der Waals surface area contributed by atoms with Crippen LogP contribution in [0.1, 0.15) is 57.1 Å². The van der Waals surface area contributed by atoms with Crippen LogP contribution in [0.3, 0.4) is 0 Å². The van der Waals surface area contributed by atoms with Crippen molar-refractivity contribution in [3.63, 3.8) is 0 Å². The highest BCUT2D eigenvalue weighted by Crippen LogP contribution is 2.32. The van der Waals surface area contributed by atoms with E-state index in [2.05, 4.69) is 37.2 Å². The Morgan fingerprint density at radius 2 is 1.96 bits per heavy atom. The molecule has 26 heavy (non-hydrogen) atoms. The number of nitrogens with zero attached hydrogens (tertiary/aromatic N) is 5. The number of allylic oxidation sites excluding steroid dienone is 2. The Morgan fingerprint density at radius 3 is 2.65 bits per heavy atom. The molecule has 1 aromatic carbocycles. The van der Waals surface area contributed by atoms with Crippen LogP contribution in [-0.4, -0.2) is 25.0 Å². The van der Waals surface area contributed by atoms with Crippen molar-refractivity contribution in [3.8, 4) is 0 Å². The van der Waals surface area contributed by atoms with Gasteiger partial charge in [-0.1, -0.05) is 61.9 Å². The molecule has 3 aromatic rings. The normalized spacial score (nSPS) is 14.8. The maximum absolute atomic E-state index is 6.33. The van der Waals surface area contributed by atoms with Gasteiger partial charge in [0.1, 0.15) is 5.82 Å². The first-order valence-electron chi connectivity index (χ1n) is 8.98. The van der Waals surface area contributed by atoms with E-state index in [4.69, 9.17) is 21.6 Å². The molecular weight excluding hydrogens is 346 g/mol. The fourth-order valence-corrected chi connectivity index (χ4v) is 3.39. The number of aromatic nitrogens is 5. The van der Waals surface area contributed by atoms with Gasteiger partial charge < -0.3 is 0 Å². The first kappa shape index (κ1) is 17.2. The van der Waals surface area contributed by atoms with Gasteiger partial charge in [0.15, 0.2) is 11.2 Å². The predicted octanol–water partition coefficient (Wildman–Crippen LogP) is 4.79. The Bertz CT molecular complexity index is 997. The van der Waals surface area contributed by atoms with E-state index in [-0.39, 0.29) is 5.41 Å². The molecule has 1 aliphatic rings. The summed E-state index contributed by atoms with van der Waals surface area (Å²) in [6.45, 7) is 6.92. The van der Waals surface area contributed by atoms with Gasteiger partial charge in [-0.2, -0.15) is 0 Å². The summed E-state index contributed by atoms with van der Waals surface area (Å²) in [5, 5.41) is 9.50. The molecule has 6 heteroatoms. The molecule has 0 N–H and O–H groups in total. The van der Waals surface area contributed by atoms with E-state index >= 15 is 0 Å². The number of rotatable bonds is 3. The Kier molecular flexibility index (Phi) is 4.27. The molecule has 0 atom stereocenters. The number of hydrogen-bond acceptors (Lipinski definition) is 4. The lowest BCUT2D eigenvalue weighted by molar-refractivity contribution is 0.544. The van der Waals surface area contributed by atoms with E-state index in [9.17, 15) is 0 Å². The second-order valence-electron chi connectivity index (χ2n) is 7.78. The van der Waals surface area contributed by atoms with Crippen molar-refractivity contribution in [1.29, 1.82) is 0 Å². The van der Waals surface area contributed by atoms with Gasteiger partial charge in [0, 0.05) is 10.4 Å². The van der Waals surface area contributed by atoms with Gasteiger partial charge in [-0.05, 0) is 36.5 Å². The van der Waals surface area contributed by atoms with Crippen molar-refractivity contribution in [1.82, 2.24) is 25.0 Å². The molecule has 2 heterocycles. The fraction of sp³-hybridized carbons (Fsp3) is 0.400. The van der Waals surface area contributed by atoms with Crippen molar-refractivity contribution >= 4 is 28.3 Å². The first-order valence-corrected chi connectivity index (χ1v) is 9.36. The second kappa shape index (κ2) is 6.47. The third kappa shape index (κ3) is 3.12. The third-order valence-electron chi connectivity index (χ3n) is 4.66. The van der Waals surface area contributed by atoms with Crippen LogP contribution in [-0.2, 0) is 12.0 Å². The summed E-state index contributed by atoms with van der Waals surface area (Å²) in [5.41, 5.74) is 4.58. The molecule has 0 aliphatic heterocycles. The number of fused-ring (bicyclic) bond motifs is 1. The average molecular weight is 368 g/mol. The Labute approximate surface area is 158 Å². The smallest absolute Gasteiger partial charge is 0.182 e. The van der Waals surface area contributed by atoms with E-state index in [1.54, 1.807) is 0 Å². The van der Waals surface area contributed by atoms with Crippen LogP contribution in [0.4, 0.5) is 0 Å². The van der Waals surface area contributed by atoms with Gasteiger partial charge in [0.25, 0.3) is 0 Å². The van der Waals surface area contributed by atoms with Gasteiger partial charge in [-0.3, -0.25) is 0 Å². The molecule has 0 saturated carbocycles. The number of benzene rings is 1. The highest BCUT2D eigenvalue weighted by Gasteiger charge is 2.24. The van der Waals surface area contributed by atoms with E-state index in [0.29, 0.717) is 6.54 Å². The summed E-state index contributed by atoms with van der Waals surface area (Å²) in [6.07, 6.45) is 5.56. The van der Waals surface area contributed by atoms with Crippen LogP contribution in [0.15, 0.2) is 30.3 Å². The lowest BCUT2D eigenvalue weighted by Gasteiger charge is -2.18. The maximum atomic E-state index is 6.33. The van der Waals surface area contributed by atoms with Crippen LogP contribution < -0.4 is 0 Å². The van der Waals surface area contributed by atoms with Crippen LogP contribution in [0.2, 0.25) is 5.02 Å². The topological polar surface area (TPSA) is 56.5 Å². The first-order chi connectivity index (χ1) is 12.4. The summed E-state index contributed by atoms with van der Waals surface area (Å²) in [7, 11) is 0. The molecule has 0 amide bonds. The van der Waals surface area contributed by atoms with Crippen molar-refractivity contribution < 1.29 is 0 Å². The van der Waals surface area contributed by atoms with Gasteiger partial charge in [-0.25, -0.2) is 14.6 Å². The third-order valence-corrected chi connectivity index (χ3v) is 5.03. The van der Waals surface area contributed by atoms with Crippen LogP contribution in [0.25, 0.3) is 16.7 Å².